The average molecular weight is 567 g/mol. The van der Waals surface area contributed by atoms with E-state index in [-0.39, 0.29) is 24.0 Å². The molecule has 33 heavy (non-hydrogen) atoms. The number of rotatable bonds is 7. The predicted molar refractivity (Wildman–Crippen MR) is 138 cm³/mol. The van der Waals surface area contributed by atoms with E-state index in [1.807, 2.05) is 30.3 Å². The Morgan fingerprint density at radius 2 is 1.94 bits per heavy atom. The largest absolute Gasteiger partial charge is 0.497 e. The van der Waals surface area contributed by atoms with Crippen LogP contribution in [0.25, 0.3) is 11.6 Å². The van der Waals surface area contributed by atoms with Gasteiger partial charge in [0.15, 0.2) is 11.7 Å². The summed E-state index contributed by atoms with van der Waals surface area (Å²) in [5.41, 5.74) is 1.11. The van der Waals surface area contributed by atoms with Crippen molar-refractivity contribution in [2.75, 3.05) is 39.3 Å². The van der Waals surface area contributed by atoms with E-state index in [9.17, 15) is 0 Å². The molecular formula is C22H30IN7O3. The fourth-order valence-electron chi connectivity index (χ4n) is 3.70. The van der Waals surface area contributed by atoms with Gasteiger partial charge in [-0.15, -0.1) is 29.1 Å². The number of ether oxygens (including phenoxy) is 2. The number of aliphatic imine (C=N–C) groups is 1. The highest BCUT2D eigenvalue weighted by Crippen LogP contribution is 2.30. The molecule has 0 spiro atoms. The van der Waals surface area contributed by atoms with Crippen molar-refractivity contribution in [1.29, 1.82) is 0 Å². The number of piperidine rings is 1. The van der Waals surface area contributed by atoms with Crippen molar-refractivity contribution in [3.8, 4) is 23.1 Å². The second-order valence-electron chi connectivity index (χ2n) is 7.49. The number of aromatic amines is 1. The second kappa shape index (κ2) is 11.8. The standard InChI is InChI=1S/C22H29N7O3.HI/c1-23-22(24-14-20-26-21(28-27-20)19-5-4-10-32-19)25-15-6-8-29(9-7-15)16-11-17(30-2)13-18(12-16)31-3;/h4-5,10-13,15H,6-9,14H2,1-3H3,(H2,23,24,25)(H,26,27,28);1H. The van der Waals surface area contributed by atoms with E-state index in [2.05, 4.69) is 35.7 Å². The third kappa shape index (κ3) is 6.30. The molecule has 4 rings (SSSR count). The van der Waals surface area contributed by atoms with Gasteiger partial charge in [0.25, 0.3) is 0 Å². The van der Waals surface area contributed by atoms with Crippen LogP contribution in [-0.2, 0) is 6.54 Å². The Balaban J connectivity index is 0.00000306. The molecule has 1 aliphatic heterocycles. The summed E-state index contributed by atoms with van der Waals surface area (Å²) in [6, 6.07) is 9.95. The van der Waals surface area contributed by atoms with Gasteiger partial charge in [0.05, 0.1) is 27.0 Å². The molecule has 3 aromatic rings. The lowest BCUT2D eigenvalue weighted by atomic mass is 10.0. The van der Waals surface area contributed by atoms with Crippen LogP contribution in [0.5, 0.6) is 11.5 Å². The molecule has 0 saturated carbocycles. The van der Waals surface area contributed by atoms with Gasteiger partial charge in [0.2, 0.25) is 5.82 Å². The number of methoxy groups -OCH3 is 2. The van der Waals surface area contributed by atoms with Crippen LogP contribution in [0.2, 0.25) is 0 Å². The summed E-state index contributed by atoms with van der Waals surface area (Å²) >= 11 is 0. The molecule has 0 bridgehead atoms. The molecule has 1 fully saturated rings. The number of aromatic nitrogens is 3. The fourth-order valence-corrected chi connectivity index (χ4v) is 3.70. The smallest absolute Gasteiger partial charge is 0.216 e. The first kappa shape index (κ1) is 24.7. The first-order chi connectivity index (χ1) is 15.7. The summed E-state index contributed by atoms with van der Waals surface area (Å²) in [6.45, 7) is 2.34. The molecule has 1 aliphatic rings. The summed E-state index contributed by atoms with van der Waals surface area (Å²) in [5, 5.41) is 13.9. The Morgan fingerprint density at radius 1 is 1.21 bits per heavy atom. The lowest BCUT2D eigenvalue weighted by Crippen LogP contribution is -2.48. The molecule has 0 amide bonds. The zero-order valence-electron chi connectivity index (χ0n) is 19.0. The van der Waals surface area contributed by atoms with Crippen molar-refractivity contribution < 1.29 is 13.9 Å². The maximum atomic E-state index is 5.40. The lowest BCUT2D eigenvalue weighted by Gasteiger charge is -2.34. The van der Waals surface area contributed by atoms with Crippen LogP contribution in [0.3, 0.4) is 0 Å². The predicted octanol–water partition coefficient (Wildman–Crippen LogP) is 3.03. The number of halogens is 1. The van der Waals surface area contributed by atoms with Crippen molar-refractivity contribution in [2.45, 2.75) is 25.4 Å². The minimum absolute atomic E-state index is 0. The number of benzene rings is 1. The van der Waals surface area contributed by atoms with E-state index in [4.69, 9.17) is 13.9 Å². The Bertz CT molecular complexity index is 1010. The van der Waals surface area contributed by atoms with E-state index < -0.39 is 0 Å². The summed E-state index contributed by atoms with van der Waals surface area (Å²) in [5.74, 6) is 4.22. The monoisotopic (exact) mass is 567 g/mol. The van der Waals surface area contributed by atoms with Crippen LogP contribution in [0.15, 0.2) is 46.0 Å². The number of anilines is 1. The minimum Gasteiger partial charge on any atom is -0.497 e. The summed E-state index contributed by atoms with van der Waals surface area (Å²) in [4.78, 5) is 11.1. The van der Waals surface area contributed by atoms with E-state index in [0.717, 1.165) is 49.1 Å². The number of guanidine groups is 1. The molecular weight excluding hydrogens is 537 g/mol. The number of hydrogen-bond acceptors (Lipinski definition) is 7. The lowest BCUT2D eigenvalue weighted by molar-refractivity contribution is 0.393. The van der Waals surface area contributed by atoms with Gasteiger partial charge in [-0.2, -0.15) is 0 Å². The maximum absolute atomic E-state index is 5.40. The van der Waals surface area contributed by atoms with Gasteiger partial charge in [0, 0.05) is 50.1 Å². The van der Waals surface area contributed by atoms with Crippen molar-refractivity contribution >= 4 is 35.6 Å². The van der Waals surface area contributed by atoms with E-state index in [0.29, 0.717) is 30.0 Å². The molecule has 1 aromatic carbocycles. The van der Waals surface area contributed by atoms with Gasteiger partial charge in [-0.1, -0.05) is 0 Å². The first-order valence-electron chi connectivity index (χ1n) is 10.6. The van der Waals surface area contributed by atoms with Crippen LogP contribution >= 0.6 is 24.0 Å². The molecule has 11 heteroatoms. The zero-order valence-corrected chi connectivity index (χ0v) is 21.3. The van der Waals surface area contributed by atoms with Gasteiger partial charge in [-0.05, 0) is 25.0 Å². The molecule has 178 valence electrons. The number of nitrogens with zero attached hydrogens (tertiary/aromatic N) is 4. The van der Waals surface area contributed by atoms with Crippen molar-refractivity contribution in [2.24, 2.45) is 4.99 Å². The Labute approximate surface area is 210 Å². The molecule has 0 unspecified atom stereocenters. The van der Waals surface area contributed by atoms with Crippen LogP contribution in [-0.4, -0.2) is 61.5 Å². The number of nitrogens with one attached hydrogen (secondary N) is 3. The Hall–Kier alpha value is -2.96. The highest BCUT2D eigenvalue weighted by atomic mass is 127. The van der Waals surface area contributed by atoms with Gasteiger partial charge >= 0.3 is 0 Å². The van der Waals surface area contributed by atoms with Crippen LogP contribution < -0.4 is 25.0 Å². The molecule has 0 aliphatic carbocycles. The van der Waals surface area contributed by atoms with Gasteiger partial charge in [0.1, 0.15) is 17.3 Å². The van der Waals surface area contributed by atoms with Crippen molar-refractivity contribution in [1.82, 2.24) is 25.8 Å². The van der Waals surface area contributed by atoms with Gasteiger partial charge in [-0.25, -0.2) is 4.98 Å². The molecule has 0 atom stereocenters. The summed E-state index contributed by atoms with van der Waals surface area (Å²) in [6.07, 6.45) is 3.59. The third-order valence-electron chi connectivity index (χ3n) is 5.46. The molecule has 3 heterocycles. The average Bonchev–Trinajstić information content (AvgIpc) is 3.54. The van der Waals surface area contributed by atoms with Crippen LogP contribution in [0.1, 0.15) is 18.7 Å². The normalized spacial score (nSPS) is 14.5. The minimum atomic E-state index is 0. The highest BCUT2D eigenvalue weighted by molar-refractivity contribution is 14.0. The number of H-pyrrole nitrogens is 1. The first-order valence-corrected chi connectivity index (χ1v) is 10.6. The number of hydrogen-bond donors (Lipinski definition) is 3. The van der Waals surface area contributed by atoms with Crippen molar-refractivity contribution in [3.05, 3.63) is 42.4 Å². The number of furan rings is 1. The third-order valence-corrected chi connectivity index (χ3v) is 5.46. The molecule has 3 N–H and O–H groups in total. The fraction of sp³-hybridized carbons (Fsp3) is 0.409. The highest BCUT2D eigenvalue weighted by Gasteiger charge is 2.21. The summed E-state index contributed by atoms with van der Waals surface area (Å²) in [7, 11) is 5.11. The zero-order chi connectivity index (χ0) is 22.3. The quantitative estimate of drug-likeness (QED) is 0.227. The van der Waals surface area contributed by atoms with Crippen molar-refractivity contribution in [3.63, 3.8) is 0 Å². The second-order valence-corrected chi connectivity index (χ2v) is 7.49. The summed E-state index contributed by atoms with van der Waals surface area (Å²) < 4.78 is 16.1. The van der Waals surface area contributed by atoms with E-state index in [1.165, 1.54) is 0 Å². The van der Waals surface area contributed by atoms with Crippen LogP contribution in [0.4, 0.5) is 5.69 Å². The van der Waals surface area contributed by atoms with E-state index >= 15 is 0 Å². The Kier molecular flexibility index (Phi) is 8.80. The maximum Gasteiger partial charge on any atom is 0.216 e. The molecule has 1 saturated heterocycles. The topological polar surface area (TPSA) is 113 Å². The molecule has 2 aromatic heterocycles. The SMILES string of the molecule is CN=C(NCc1nc(-c2ccco2)n[nH]1)NC1CCN(c2cc(OC)cc(OC)c2)CC1.I. The Morgan fingerprint density at radius 3 is 2.55 bits per heavy atom. The van der Waals surface area contributed by atoms with Gasteiger partial charge in [-0.3, -0.25) is 10.1 Å². The van der Waals surface area contributed by atoms with Gasteiger partial charge < -0.3 is 29.4 Å². The molecule has 10 nitrogen and oxygen atoms in total. The van der Waals surface area contributed by atoms with Crippen LogP contribution in [0, 0.1) is 0 Å². The van der Waals surface area contributed by atoms with E-state index in [1.54, 1.807) is 27.5 Å². The molecule has 0 radical (unpaired) electrons.